The van der Waals surface area contributed by atoms with Gasteiger partial charge in [-0.15, -0.1) is 0 Å². The predicted octanol–water partition coefficient (Wildman–Crippen LogP) is 1.50. The van der Waals surface area contributed by atoms with Crippen molar-refractivity contribution in [2.24, 2.45) is 10.8 Å². The standard InChI is InChI=1S/C13H15FN4OS/c14-9-5-1-2-6-10(9)16-17-11(12(15)20)13(19)18-7-3-4-8-18/h1-2,5-6,16H,3-4,7-8H2,(H2,15,20)/b17-11+. The van der Waals surface area contributed by atoms with Gasteiger partial charge >= 0.3 is 0 Å². The molecule has 1 amide bonds. The van der Waals surface area contributed by atoms with Gasteiger partial charge in [0.15, 0.2) is 5.71 Å². The molecule has 7 heteroatoms. The first-order chi connectivity index (χ1) is 9.59. The summed E-state index contributed by atoms with van der Waals surface area (Å²) in [6.45, 7) is 1.33. The van der Waals surface area contributed by atoms with Crippen molar-refractivity contribution < 1.29 is 9.18 Å². The van der Waals surface area contributed by atoms with Gasteiger partial charge in [-0.2, -0.15) is 5.10 Å². The van der Waals surface area contributed by atoms with E-state index in [0.29, 0.717) is 13.1 Å². The number of hydrogen-bond donors (Lipinski definition) is 2. The van der Waals surface area contributed by atoms with E-state index < -0.39 is 5.82 Å². The van der Waals surface area contributed by atoms with E-state index in [1.54, 1.807) is 17.0 Å². The molecule has 0 aromatic heterocycles. The Morgan fingerprint density at radius 3 is 2.60 bits per heavy atom. The Morgan fingerprint density at radius 2 is 2.00 bits per heavy atom. The quantitative estimate of drug-likeness (QED) is 0.501. The second-order valence-corrected chi connectivity index (χ2v) is 4.86. The number of para-hydroxylation sites is 1. The summed E-state index contributed by atoms with van der Waals surface area (Å²) in [6, 6.07) is 6.02. The second kappa shape index (κ2) is 6.42. The average molecular weight is 294 g/mol. The normalized spacial score (nSPS) is 15.2. The summed E-state index contributed by atoms with van der Waals surface area (Å²) in [5.41, 5.74) is 8.14. The summed E-state index contributed by atoms with van der Waals surface area (Å²) in [5.74, 6) is -0.786. The maximum Gasteiger partial charge on any atom is 0.277 e. The number of nitrogens with two attached hydrogens (primary N) is 1. The van der Waals surface area contributed by atoms with Gasteiger partial charge < -0.3 is 10.6 Å². The van der Waals surface area contributed by atoms with Crippen molar-refractivity contribution in [3.63, 3.8) is 0 Å². The number of hydrogen-bond acceptors (Lipinski definition) is 4. The SMILES string of the molecule is NC(=S)/C(=N\Nc1ccccc1F)C(=O)N1CCCC1. The van der Waals surface area contributed by atoms with Crippen LogP contribution < -0.4 is 11.2 Å². The molecule has 0 radical (unpaired) electrons. The van der Waals surface area contributed by atoms with Crippen molar-refractivity contribution in [3.05, 3.63) is 30.1 Å². The Balaban J connectivity index is 2.16. The van der Waals surface area contributed by atoms with E-state index in [-0.39, 0.29) is 22.3 Å². The number of anilines is 1. The van der Waals surface area contributed by atoms with Gasteiger partial charge in [0.2, 0.25) is 0 Å². The molecular weight excluding hydrogens is 279 g/mol. The fourth-order valence-electron chi connectivity index (χ4n) is 1.95. The number of nitrogens with zero attached hydrogens (tertiary/aromatic N) is 2. The highest BCUT2D eigenvalue weighted by molar-refractivity contribution is 7.82. The van der Waals surface area contributed by atoms with E-state index in [9.17, 15) is 9.18 Å². The van der Waals surface area contributed by atoms with Crippen LogP contribution in [0, 0.1) is 5.82 Å². The first-order valence-corrected chi connectivity index (χ1v) is 6.67. The number of benzene rings is 1. The minimum absolute atomic E-state index is 0.0508. The Bertz CT molecular complexity index is 555. The molecule has 0 atom stereocenters. The lowest BCUT2D eigenvalue weighted by molar-refractivity contribution is -0.122. The van der Waals surface area contributed by atoms with Crippen LogP contribution in [-0.4, -0.2) is 34.6 Å². The number of carbonyl (C=O) groups excluding carboxylic acids is 1. The van der Waals surface area contributed by atoms with E-state index in [0.717, 1.165) is 12.8 Å². The van der Waals surface area contributed by atoms with Crippen molar-refractivity contribution in [3.8, 4) is 0 Å². The molecular formula is C13H15FN4OS. The molecule has 1 heterocycles. The van der Waals surface area contributed by atoms with Crippen LogP contribution in [-0.2, 0) is 4.79 Å². The maximum atomic E-state index is 13.5. The highest BCUT2D eigenvalue weighted by Gasteiger charge is 2.24. The third-order valence-electron chi connectivity index (χ3n) is 2.99. The lowest BCUT2D eigenvalue weighted by Crippen LogP contribution is -2.40. The largest absolute Gasteiger partial charge is 0.388 e. The van der Waals surface area contributed by atoms with Crippen LogP contribution in [0.4, 0.5) is 10.1 Å². The van der Waals surface area contributed by atoms with Crippen LogP contribution in [0.2, 0.25) is 0 Å². The minimum atomic E-state index is -0.466. The van der Waals surface area contributed by atoms with Crippen molar-refractivity contribution in [2.45, 2.75) is 12.8 Å². The van der Waals surface area contributed by atoms with Gasteiger partial charge in [-0.3, -0.25) is 10.2 Å². The first kappa shape index (κ1) is 14.4. The number of thiocarbonyl (C=S) groups is 1. The molecule has 106 valence electrons. The van der Waals surface area contributed by atoms with E-state index in [4.69, 9.17) is 18.0 Å². The fourth-order valence-corrected chi connectivity index (χ4v) is 2.08. The van der Waals surface area contributed by atoms with Gasteiger partial charge in [0.25, 0.3) is 5.91 Å². The molecule has 0 bridgehead atoms. The summed E-state index contributed by atoms with van der Waals surface area (Å²) in [4.78, 5) is 13.7. The first-order valence-electron chi connectivity index (χ1n) is 6.27. The zero-order chi connectivity index (χ0) is 14.5. The highest BCUT2D eigenvalue weighted by Crippen LogP contribution is 2.13. The molecule has 1 saturated heterocycles. The second-order valence-electron chi connectivity index (χ2n) is 4.42. The number of likely N-dealkylation sites (tertiary alicyclic amines) is 1. The summed E-state index contributed by atoms with van der Waals surface area (Å²) < 4.78 is 13.5. The van der Waals surface area contributed by atoms with Crippen molar-refractivity contribution in [2.75, 3.05) is 18.5 Å². The van der Waals surface area contributed by atoms with Gasteiger partial charge in [-0.1, -0.05) is 24.4 Å². The third kappa shape index (κ3) is 3.30. The monoisotopic (exact) mass is 294 g/mol. The summed E-state index contributed by atoms with van der Waals surface area (Å²) in [5, 5.41) is 3.87. The Hall–Kier alpha value is -2.02. The highest BCUT2D eigenvalue weighted by atomic mass is 32.1. The Kier molecular flexibility index (Phi) is 4.62. The Labute approximate surface area is 121 Å². The smallest absolute Gasteiger partial charge is 0.277 e. The molecule has 1 aromatic rings. The molecule has 1 aliphatic rings. The number of nitrogens with one attached hydrogen (secondary N) is 1. The fraction of sp³-hybridized carbons (Fsp3) is 0.308. The van der Waals surface area contributed by atoms with Crippen LogP contribution >= 0.6 is 12.2 Å². The van der Waals surface area contributed by atoms with Crippen LogP contribution in [0.3, 0.4) is 0 Å². The van der Waals surface area contributed by atoms with Gasteiger partial charge in [-0.05, 0) is 25.0 Å². The Morgan fingerprint density at radius 1 is 1.35 bits per heavy atom. The zero-order valence-corrected chi connectivity index (χ0v) is 11.6. The predicted molar refractivity (Wildman–Crippen MR) is 80.1 cm³/mol. The molecule has 3 N–H and O–H groups in total. The van der Waals surface area contributed by atoms with Crippen LogP contribution in [0.1, 0.15) is 12.8 Å². The number of amides is 1. The van der Waals surface area contributed by atoms with E-state index in [1.807, 2.05) is 0 Å². The van der Waals surface area contributed by atoms with Crippen molar-refractivity contribution >= 4 is 34.5 Å². The maximum absolute atomic E-state index is 13.5. The molecule has 0 spiro atoms. The molecule has 1 aliphatic heterocycles. The van der Waals surface area contributed by atoms with Crippen LogP contribution in [0.25, 0.3) is 0 Å². The van der Waals surface area contributed by atoms with Gasteiger partial charge in [0.1, 0.15) is 10.8 Å². The third-order valence-corrected chi connectivity index (χ3v) is 3.18. The number of halogens is 1. The van der Waals surface area contributed by atoms with E-state index in [1.165, 1.54) is 12.1 Å². The van der Waals surface area contributed by atoms with Gasteiger partial charge in [0, 0.05) is 13.1 Å². The van der Waals surface area contributed by atoms with Crippen molar-refractivity contribution in [1.29, 1.82) is 0 Å². The summed E-state index contributed by atoms with van der Waals surface area (Å²) in [7, 11) is 0. The molecule has 1 aromatic carbocycles. The van der Waals surface area contributed by atoms with E-state index in [2.05, 4.69) is 10.5 Å². The van der Waals surface area contributed by atoms with Crippen molar-refractivity contribution in [1.82, 2.24) is 4.90 Å². The van der Waals surface area contributed by atoms with Crippen LogP contribution in [0.5, 0.6) is 0 Å². The minimum Gasteiger partial charge on any atom is -0.388 e. The molecule has 0 aliphatic carbocycles. The average Bonchev–Trinajstić information content (AvgIpc) is 2.94. The molecule has 5 nitrogen and oxygen atoms in total. The van der Waals surface area contributed by atoms with Gasteiger partial charge in [0.05, 0.1) is 5.69 Å². The zero-order valence-electron chi connectivity index (χ0n) is 10.8. The molecule has 2 rings (SSSR count). The topological polar surface area (TPSA) is 70.7 Å². The molecule has 20 heavy (non-hydrogen) atoms. The lowest BCUT2D eigenvalue weighted by Gasteiger charge is -2.16. The molecule has 1 fully saturated rings. The van der Waals surface area contributed by atoms with Gasteiger partial charge in [-0.25, -0.2) is 4.39 Å². The van der Waals surface area contributed by atoms with E-state index >= 15 is 0 Å². The summed E-state index contributed by atoms with van der Waals surface area (Å²) in [6.07, 6.45) is 1.91. The number of rotatable bonds is 4. The number of hydrazone groups is 1. The summed E-state index contributed by atoms with van der Waals surface area (Å²) >= 11 is 4.84. The lowest BCUT2D eigenvalue weighted by atomic mass is 10.3. The molecule has 0 saturated carbocycles. The molecule has 0 unspecified atom stereocenters. The number of carbonyl (C=O) groups is 1. The van der Waals surface area contributed by atoms with Crippen LogP contribution in [0.15, 0.2) is 29.4 Å².